The number of fused-ring (bicyclic) bond motifs is 2. The number of rotatable bonds is 5. The number of nitrogens with zero attached hydrogens (tertiary/aromatic N) is 2. The number of hydrogen-bond acceptors (Lipinski definition) is 5. The highest BCUT2D eigenvalue weighted by atomic mass is 16.5. The van der Waals surface area contributed by atoms with Crippen LogP contribution >= 0.6 is 0 Å². The molecule has 0 spiro atoms. The van der Waals surface area contributed by atoms with E-state index in [1.807, 2.05) is 18.2 Å². The maximum absolute atomic E-state index is 12.4. The van der Waals surface area contributed by atoms with Gasteiger partial charge in [-0.05, 0) is 29.7 Å². The van der Waals surface area contributed by atoms with Gasteiger partial charge in [-0.2, -0.15) is 0 Å². The number of carbonyl (C=O) groups is 2. The molecule has 3 aromatic rings. The van der Waals surface area contributed by atoms with Crippen molar-refractivity contribution >= 4 is 23.0 Å². The summed E-state index contributed by atoms with van der Waals surface area (Å²) in [6.07, 6.45) is 0.784. The molecular formula is C21H20N2O5. The first kappa shape index (κ1) is 18.0. The molecule has 0 saturated heterocycles. The van der Waals surface area contributed by atoms with Crippen LogP contribution in [-0.4, -0.2) is 34.5 Å². The summed E-state index contributed by atoms with van der Waals surface area (Å²) in [5.74, 6) is -1.26. The number of hydrogen-bond donors (Lipinski definition) is 0. The van der Waals surface area contributed by atoms with Gasteiger partial charge in [0.2, 0.25) is 0 Å². The summed E-state index contributed by atoms with van der Waals surface area (Å²) >= 11 is 0. The van der Waals surface area contributed by atoms with Crippen LogP contribution in [0.25, 0.3) is 11.1 Å². The second-order valence-corrected chi connectivity index (χ2v) is 6.73. The van der Waals surface area contributed by atoms with E-state index in [0.29, 0.717) is 24.2 Å². The summed E-state index contributed by atoms with van der Waals surface area (Å²) in [6, 6.07) is 15.0. The van der Waals surface area contributed by atoms with Crippen LogP contribution in [0.2, 0.25) is 0 Å². The molecule has 0 atom stereocenters. The Morgan fingerprint density at radius 2 is 1.79 bits per heavy atom. The topological polar surface area (TPSA) is 81.7 Å². The third kappa shape index (κ3) is 3.69. The van der Waals surface area contributed by atoms with E-state index in [0.717, 1.165) is 12.0 Å². The van der Waals surface area contributed by atoms with Gasteiger partial charge in [0.25, 0.3) is 5.91 Å². The normalized spacial score (nSPS) is 13.4. The van der Waals surface area contributed by atoms with E-state index in [-0.39, 0.29) is 25.5 Å². The molecule has 1 amide bonds. The maximum atomic E-state index is 12.4. The zero-order valence-electron chi connectivity index (χ0n) is 15.3. The Hall–Kier alpha value is -3.35. The van der Waals surface area contributed by atoms with Gasteiger partial charge >= 0.3 is 11.7 Å². The van der Waals surface area contributed by atoms with Crippen LogP contribution in [-0.2, 0) is 33.8 Å². The lowest BCUT2D eigenvalue weighted by Crippen LogP contribution is -2.38. The van der Waals surface area contributed by atoms with E-state index in [2.05, 4.69) is 6.07 Å². The molecule has 2 aromatic carbocycles. The van der Waals surface area contributed by atoms with Crippen LogP contribution in [0.5, 0.6) is 0 Å². The Kier molecular flexibility index (Phi) is 4.97. The molecule has 0 N–H and O–H groups in total. The number of amides is 1. The van der Waals surface area contributed by atoms with E-state index in [9.17, 15) is 14.4 Å². The van der Waals surface area contributed by atoms with Crippen molar-refractivity contribution in [1.82, 2.24) is 9.47 Å². The average molecular weight is 380 g/mol. The lowest BCUT2D eigenvalue weighted by atomic mass is 10.00. The molecule has 0 bridgehead atoms. The number of oxazole rings is 1. The van der Waals surface area contributed by atoms with E-state index in [4.69, 9.17) is 9.15 Å². The molecule has 1 aliphatic heterocycles. The number of aryl methyl sites for hydroxylation is 1. The summed E-state index contributed by atoms with van der Waals surface area (Å²) in [5.41, 5.74) is 3.48. The monoisotopic (exact) mass is 380 g/mol. The molecule has 28 heavy (non-hydrogen) atoms. The number of ether oxygens (including phenoxy) is 1. The molecule has 144 valence electrons. The highest BCUT2D eigenvalue weighted by Crippen LogP contribution is 2.18. The molecule has 0 aliphatic carbocycles. The smallest absolute Gasteiger partial charge is 0.419 e. The second-order valence-electron chi connectivity index (χ2n) is 6.73. The van der Waals surface area contributed by atoms with Gasteiger partial charge < -0.3 is 14.1 Å². The number of para-hydroxylation sites is 2. The SMILES string of the molecule is O=C(CCn1c(=O)oc2ccccc21)OCC(=O)N1CCc2ccccc2C1. The quantitative estimate of drug-likeness (QED) is 0.633. The minimum Gasteiger partial charge on any atom is -0.456 e. The maximum Gasteiger partial charge on any atom is 0.419 e. The van der Waals surface area contributed by atoms with Crippen molar-refractivity contribution < 1.29 is 18.7 Å². The zero-order valence-corrected chi connectivity index (χ0v) is 15.3. The molecule has 0 saturated carbocycles. The lowest BCUT2D eigenvalue weighted by molar-refractivity contribution is -0.152. The molecule has 4 rings (SSSR count). The summed E-state index contributed by atoms with van der Waals surface area (Å²) in [4.78, 5) is 38.0. The van der Waals surface area contributed by atoms with E-state index < -0.39 is 11.7 Å². The Morgan fingerprint density at radius 3 is 2.64 bits per heavy atom. The van der Waals surface area contributed by atoms with Crippen molar-refractivity contribution in [2.45, 2.75) is 25.9 Å². The highest BCUT2D eigenvalue weighted by molar-refractivity contribution is 5.81. The van der Waals surface area contributed by atoms with Crippen LogP contribution in [0, 0.1) is 0 Å². The molecule has 0 radical (unpaired) electrons. The van der Waals surface area contributed by atoms with Crippen LogP contribution in [0.1, 0.15) is 17.5 Å². The van der Waals surface area contributed by atoms with Crippen molar-refractivity contribution in [1.29, 1.82) is 0 Å². The molecule has 1 aromatic heterocycles. The molecule has 0 fully saturated rings. The van der Waals surface area contributed by atoms with E-state index in [1.54, 1.807) is 29.2 Å². The highest BCUT2D eigenvalue weighted by Gasteiger charge is 2.21. The van der Waals surface area contributed by atoms with Crippen LogP contribution in [0.4, 0.5) is 0 Å². The number of carbonyl (C=O) groups excluding carboxylic acids is 2. The summed E-state index contributed by atoms with van der Waals surface area (Å²) in [5, 5.41) is 0. The Bertz CT molecular complexity index is 1080. The zero-order chi connectivity index (χ0) is 19.5. The molecule has 7 heteroatoms. The summed E-state index contributed by atoms with van der Waals surface area (Å²) in [6.45, 7) is 0.995. The van der Waals surface area contributed by atoms with Gasteiger partial charge in [-0.25, -0.2) is 4.79 Å². The van der Waals surface area contributed by atoms with Crippen LogP contribution < -0.4 is 5.76 Å². The molecule has 2 heterocycles. The van der Waals surface area contributed by atoms with Gasteiger partial charge in [0.1, 0.15) is 0 Å². The van der Waals surface area contributed by atoms with Crippen molar-refractivity contribution in [2.75, 3.05) is 13.2 Å². The Labute approximate surface area is 161 Å². The largest absolute Gasteiger partial charge is 0.456 e. The van der Waals surface area contributed by atoms with Gasteiger partial charge in [0.05, 0.1) is 11.9 Å². The molecule has 0 unspecified atom stereocenters. The van der Waals surface area contributed by atoms with Crippen molar-refractivity contribution in [3.63, 3.8) is 0 Å². The first-order valence-corrected chi connectivity index (χ1v) is 9.20. The first-order valence-electron chi connectivity index (χ1n) is 9.20. The van der Waals surface area contributed by atoms with Gasteiger partial charge in [0.15, 0.2) is 12.2 Å². The number of benzene rings is 2. The van der Waals surface area contributed by atoms with Crippen molar-refractivity contribution in [3.05, 3.63) is 70.2 Å². The van der Waals surface area contributed by atoms with Gasteiger partial charge in [-0.1, -0.05) is 36.4 Å². The molecular weight excluding hydrogens is 360 g/mol. The van der Waals surface area contributed by atoms with Gasteiger partial charge in [0, 0.05) is 19.6 Å². The van der Waals surface area contributed by atoms with Gasteiger partial charge in [-0.3, -0.25) is 14.2 Å². The minimum atomic E-state index is -0.525. The second kappa shape index (κ2) is 7.72. The fourth-order valence-electron chi connectivity index (χ4n) is 3.44. The fourth-order valence-corrected chi connectivity index (χ4v) is 3.44. The predicted molar refractivity (Wildman–Crippen MR) is 102 cm³/mol. The molecule has 1 aliphatic rings. The average Bonchev–Trinajstić information content (AvgIpc) is 3.05. The van der Waals surface area contributed by atoms with Crippen LogP contribution in [0.3, 0.4) is 0 Å². The Balaban J connectivity index is 1.29. The van der Waals surface area contributed by atoms with Crippen molar-refractivity contribution in [3.8, 4) is 0 Å². The Morgan fingerprint density at radius 1 is 1.04 bits per heavy atom. The third-order valence-corrected chi connectivity index (χ3v) is 4.95. The minimum absolute atomic E-state index is 0.0143. The predicted octanol–water partition coefficient (Wildman–Crippen LogP) is 2.11. The van der Waals surface area contributed by atoms with Gasteiger partial charge in [-0.15, -0.1) is 0 Å². The fraction of sp³-hybridized carbons (Fsp3) is 0.286. The number of esters is 1. The molecule has 7 nitrogen and oxygen atoms in total. The van der Waals surface area contributed by atoms with Crippen LogP contribution in [0.15, 0.2) is 57.7 Å². The van der Waals surface area contributed by atoms with E-state index >= 15 is 0 Å². The van der Waals surface area contributed by atoms with E-state index in [1.165, 1.54) is 10.1 Å². The first-order chi connectivity index (χ1) is 13.6. The summed E-state index contributed by atoms with van der Waals surface area (Å²) in [7, 11) is 0. The lowest BCUT2D eigenvalue weighted by Gasteiger charge is -2.28. The van der Waals surface area contributed by atoms with Crippen molar-refractivity contribution in [2.24, 2.45) is 0 Å². The number of aromatic nitrogens is 1. The third-order valence-electron chi connectivity index (χ3n) is 4.95. The standard InChI is InChI=1S/C21H20N2O5/c24-19(22-11-9-15-5-1-2-6-16(15)13-22)14-27-20(25)10-12-23-17-7-3-4-8-18(17)28-21(23)26/h1-8H,9-14H2. The summed E-state index contributed by atoms with van der Waals surface area (Å²) < 4.78 is 11.6.